The highest BCUT2D eigenvalue weighted by Crippen LogP contribution is 2.08. The Labute approximate surface area is 98.0 Å². The molecular formula is C13H20ClN. The Kier molecular flexibility index (Phi) is 5.13. The summed E-state index contributed by atoms with van der Waals surface area (Å²) in [5, 5.41) is 0. The third-order valence-corrected chi connectivity index (χ3v) is 2.99. The van der Waals surface area contributed by atoms with E-state index in [9.17, 15) is 0 Å². The van der Waals surface area contributed by atoms with Crippen LogP contribution in [0.4, 0.5) is 0 Å². The van der Waals surface area contributed by atoms with Crippen molar-refractivity contribution in [3.05, 3.63) is 35.4 Å². The predicted molar refractivity (Wildman–Crippen MR) is 67.4 cm³/mol. The lowest BCUT2D eigenvalue weighted by Crippen LogP contribution is -2.24. The van der Waals surface area contributed by atoms with Gasteiger partial charge < -0.3 is 4.90 Å². The van der Waals surface area contributed by atoms with E-state index >= 15 is 0 Å². The first kappa shape index (κ1) is 12.5. The first-order valence-corrected chi connectivity index (χ1v) is 5.95. The summed E-state index contributed by atoms with van der Waals surface area (Å²) < 4.78 is 0. The quantitative estimate of drug-likeness (QED) is 0.696. The highest BCUT2D eigenvalue weighted by molar-refractivity contribution is 6.18. The molecule has 0 bridgehead atoms. The van der Waals surface area contributed by atoms with E-state index in [1.54, 1.807) is 0 Å². The van der Waals surface area contributed by atoms with E-state index in [1.165, 1.54) is 11.1 Å². The van der Waals surface area contributed by atoms with E-state index in [2.05, 4.69) is 50.1 Å². The fourth-order valence-corrected chi connectivity index (χ4v) is 1.75. The van der Waals surface area contributed by atoms with Crippen LogP contribution in [-0.4, -0.2) is 24.4 Å². The SMILES string of the molecule is Cc1ccc(CN(C)CC(C)CCl)cc1. The van der Waals surface area contributed by atoms with Gasteiger partial charge in [-0.15, -0.1) is 11.6 Å². The molecule has 0 heterocycles. The van der Waals surface area contributed by atoms with E-state index in [-0.39, 0.29) is 0 Å². The van der Waals surface area contributed by atoms with Crippen molar-refractivity contribution in [3.63, 3.8) is 0 Å². The molecule has 0 saturated heterocycles. The van der Waals surface area contributed by atoms with Crippen molar-refractivity contribution in [2.24, 2.45) is 5.92 Å². The number of aryl methyl sites for hydroxylation is 1. The number of alkyl halides is 1. The summed E-state index contributed by atoms with van der Waals surface area (Å²) in [6.07, 6.45) is 0. The highest BCUT2D eigenvalue weighted by atomic mass is 35.5. The van der Waals surface area contributed by atoms with Gasteiger partial charge in [0, 0.05) is 19.0 Å². The van der Waals surface area contributed by atoms with Gasteiger partial charge >= 0.3 is 0 Å². The molecule has 0 N–H and O–H groups in total. The molecule has 0 aliphatic rings. The van der Waals surface area contributed by atoms with Crippen LogP contribution in [0.2, 0.25) is 0 Å². The molecule has 0 aliphatic heterocycles. The summed E-state index contributed by atoms with van der Waals surface area (Å²) in [6.45, 7) is 6.35. The van der Waals surface area contributed by atoms with Crippen molar-refractivity contribution >= 4 is 11.6 Å². The Hall–Kier alpha value is -0.530. The van der Waals surface area contributed by atoms with E-state index in [1.807, 2.05) is 0 Å². The van der Waals surface area contributed by atoms with Gasteiger partial charge in [-0.3, -0.25) is 0 Å². The van der Waals surface area contributed by atoms with Gasteiger partial charge in [-0.25, -0.2) is 0 Å². The molecule has 1 rings (SSSR count). The zero-order valence-corrected chi connectivity index (χ0v) is 10.6. The van der Waals surface area contributed by atoms with E-state index in [0.29, 0.717) is 5.92 Å². The van der Waals surface area contributed by atoms with Crippen LogP contribution in [0.15, 0.2) is 24.3 Å². The second-order valence-corrected chi connectivity index (χ2v) is 4.75. The normalized spacial score (nSPS) is 13.1. The first-order chi connectivity index (χ1) is 7.11. The summed E-state index contributed by atoms with van der Waals surface area (Å²) in [4.78, 5) is 2.32. The van der Waals surface area contributed by atoms with Crippen molar-refractivity contribution in [2.75, 3.05) is 19.5 Å². The van der Waals surface area contributed by atoms with Gasteiger partial charge in [0.05, 0.1) is 0 Å². The first-order valence-electron chi connectivity index (χ1n) is 5.42. The molecule has 1 aromatic rings. The molecule has 2 heteroatoms. The standard InChI is InChI=1S/C13H20ClN/c1-11-4-6-13(7-5-11)10-15(3)9-12(2)8-14/h4-7,12H,8-10H2,1-3H3. The van der Waals surface area contributed by atoms with Crippen LogP contribution < -0.4 is 0 Å². The minimum atomic E-state index is 0.558. The van der Waals surface area contributed by atoms with Gasteiger partial charge in [0.2, 0.25) is 0 Å². The molecule has 0 aliphatic carbocycles. The Balaban J connectivity index is 2.44. The van der Waals surface area contributed by atoms with Crippen LogP contribution in [-0.2, 0) is 6.54 Å². The molecule has 0 radical (unpaired) electrons. The van der Waals surface area contributed by atoms with Crippen molar-refractivity contribution < 1.29 is 0 Å². The average Bonchev–Trinajstić information content (AvgIpc) is 2.21. The lowest BCUT2D eigenvalue weighted by molar-refractivity contribution is 0.290. The van der Waals surface area contributed by atoms with Crippen molar-refractivity contribution in [2.45, 2.75) is 20.4 Å². The molecule has 0 aromatic heterocycles. The summed E-state index contributed by atoms with van der Waals surface area (Å²) in [6, 6.07) is 8.71. The number of rotatable bonds is 5. The summed E-state index contributed by atoms with van der Waals surface area (Å²) in [5.74, 6) is 1.29. The van der Waals surface area contributed by atoms with E-state index in [0.717, 1.165) is 19.0 Å². The number of benzene rings is 1. The molecule has 0 fully saturated rings. The van der Waals surface area contributed by atoms with E-state index in [4.69, 9.17) is 11.6 Å². The maximum Gasteiger partial charge on any atom is 0.0261 e. The van der Waals surface area contributed by atoms with Crippen LogP contribution in [0.5, 0.6) is 0 Å². The molecule has 0 amide bonds. The summed E-state index contributed by atoms with van der Waals surface area (Å²) in [5.41, 5.74) is 2.68. The summed E-state index contributed by atoms with van der Waals surface area (Å²) in [7, 11) is 2.14. The lowest BCUT2D eigenvalue weighted by atomic mass is 10.1. The Morgan fingerprint density at radius 1 is 1.27 bits per heavy atom. The van der Waals surface area contributed by atoms with Crippen LogP contribution in [0.3, 0.4) is 0 Å². The van der Waals surface area contributed by atoms with Gasteiger partial charge in [-0.05, 0) is 25.5 Å². The van der Waals surface area contributed by atoms with Crippen molar-refractivity contribution in [1.29, 1.82) is 0 Å². The Morgan fingerprint density at radius 2 is 1.87 bits per heavy atom. The molecular weight excluding hydrogens is 206 g/mol. The Morgan fingerprint density at radius 3 is 2.40 bits per heavy atom. The minimum absolute atomic E-state index is 0.558. The van der Waals surface area contributed by atoms with Gasteiger partial charge in [-0.2, -0.15) is 0 Å². The molecule has 15 heavy (non-hydrogen) atoms. The molecule has 1 atom stereocenters. The topological polar surface area (TPSA) is 3.24 Å². The number of halogens is 1. The highest BCUT2D eigenvalue weighted by Gasteiger charge is 2.05. The predicted octanol–water partition coefficient (Wildman–Crippen LogP) is 3.30. The van der Waals surface area contributed by atoms with Crippen LogP contribution in [0, 0.1) is 12.8 Å². The zero-order chi connectivity index (χ0) is 11.3. The average molecular weight is 226 g/mol. The van der Waals surface area contributed by atoms with E-state index < -0.39 is 0 Å². The lowest BCUT2D eigenvalue weighted by Gasteiger charge is -2.19. The van der Waals surface area contributed by atoms with Gasteiger partial charge in [0.1, 0.15) is 0 Å². The molecule has 1 nitrogen and oxygen atoms in total. The second kappa shape index (κ2) is 6.14. The largest absolute Gasteiger partial charge is 0.302 e. The van der Waals surface area contributed by atoms with Crippen LogP contribution >= 0.6 is 11.6 Å². The molecule has 0 saturated carbocycles. The van der Waals surface area contributed by atoms with Crippen LogP contribution in [0.1, 0.15) is 18.1 Å². The fourth-order valence-electron chi connectivity index (χ4n) is 1.65. The van der Waals surface area contributed by atoms with Crippen molar-refractivity contribution in [3.8, 4) is 0 Å². The molecule has 1 unspecified atom stereocenters. The second-order valence-electron chi connectivity index (χ2n) is 4.44. The summed E-state index contributed by atoms with van der Waals surface area (Å²) >= 11 is 5.79. The number of nitrogens with zero attached hydrogens (tertiary/aromatic N) is 1. The van der Waals surface area contributed by atoms with Gasteiger partial charge in [0.25, 0.3) is 0 Å². The van der Waals surface area contributed by atoms with Gasteiger partial charge in [0.15, 0.2) is 0 Å². The monoisotopic (exact) mass is 225 g/mol. The maximum absolute atomic E-state index is 5.79. The van der Waals surface area contributed by atoms with Crippen molar-refractivity contribution in [1.82, 2.24) is 4.90 Å². The smallest absolute Gasteiger partial charge is 0.0261 e. The molecule has 84 valence electrons. The number of hydrogen-bond acceptors (Lipinski definition) is 1. The molecule has 1 aromatic carbocycles. The number of hydrogen-bond donors (Lipinski definition) is 0. The third kappa shape index (κ3) is 4.67. The maximum atomic E-state index is 5.79. The molecule has 0 spiro atoms. The van der Waals surface area contributed by atoms with Crippen LogP contribution in [0.25, 0.3) is 0 Å². The van der Waals surface area contributed by atoms with Gasteiger partial charge in [-0.1, -0.05) is 36.8 Å². The fraction of sp³-hybridized carbons (Fsp3) is 0.538. The third-order valence-electron chi connectivity index (χ3n) is 2.46. The minimum Gasteiger partial charge on any atom is -0.302 e. The zero-order valence-electron chi connectivity index (χ0n) is 9.83. The Bertz CT molecular complexity index is 281.